The monoisotopic (exact) mass is 416 g/mol. The van der Waals surface area contributed by atoms with Crippen LogP contribution in [0.1, 0.15) is 24.1 Å². The normalized spacial score (nSPS) is 11.7. The van der Waals surface area contributed by atoms with Crippen LogP contribution in [0.15, 0.2) is 67.1 Å². The van der Waals surface area contributed by atoms with Gasteiger partial charge in [0, 0.05) is 29.9 Å². The summed E-state index contributed by atoms with van der Waals surface area (Å²) in [7, 11) is 1.57. The number of nitrogens with two attached hydrogens (primary N) is 1. The summed E-state index contributed by atoms with van der Waals surface area (Å²) in [5.74, 6) is 1.53. The second-order valence-corrected chi connectivity index (χ2v) is 6.94. The highest BCUT2D eigenvalue weighted by molar-refractivity contribution is 5.73. The molecule has 0 saturated heterocycles. The van der Waals surface area contributed by atoms with Gasteiger partial charge in [0.1, 0.15) is 23.3 Å². The van der Waals surface area contributed by atoms with Crippen molar-refractivity contribution in [1.29, 1.82) is 0 Å². The Morgan fingerprint density at radius 1 is 1.00 bits per heavy atom. The van der Waals surface area contributed by atoms with Gasteiger partial charge >= 0.3 is 0 Å². The largest absolute Gasteiger partial charge is 0.481 e. The molecule has 0 aliphatic heterocycles. The first-order chi connectivity index (χ1) is 15.0. The van der Waals surface area contributed by atoms with Gasteiger partial charge in [0.15, 0.2) is 0 Å². The molecule has 0 unspecified atom stereocenters. The summed E-state index contributed by atoms with van der Waals surface area (Å²) in [6.45, 7) is 2.02. The first kappa shape index (κ1) is 20.2. The number of ether oxygens (including phenoxy) is 1. The number of nitrogens with one attached hydrogen (secondary N) is 1. The highest BCUT2D eigenvalue weighted by Gasteiger charge is 2.18. The minimum absolute atomic E-state index is 0.114. The van der Waals surface area contributed by atoms with Crippen LogP contribution in [-0.2, 0) is 0 Å². The highest BCUT2D eigenvalue weighted by atomic mass is 19.1. The number of halogens is 1. The van der Waals surface area contributed by atoms with Crippen LogP contribution in [0.5, 0.6) is 5.88 Å². The maximum Gasteiger partial charge on any atom is 0.213 e. The van der Waals surface area contributed by atoms with Crippen molar-refractivity contribution in [3.05, 3.63) is 84.2 Å². The van der Waals surface area contributed by atoms with Crippen molar-refractivity contribution >= 4 is 17.5 Å². The molecule has 0 fully saturated rings. The van der Waals surface area contributed by atoms with E-state index >= 15 is 0 Å². The number of rotatable bonds is 6. The Balaban J connectivity index is 1.78. The van der Waals surface area contributed by atoms with Gasteiger partial charge in [0.2, 0.25) is 5.88 Å². The summed E-state index contributed by atoms with van der Waals surface area (Å²) in [4.78, 5) is 17.3. The number of hydrogen-bond donors (Lipinski definition) is 2. The number of hydrogen-bond acceptors (Lipinski definition) is 7. The molecule has 31 heavy (non-hydrogen) atoms. The van der Waals surface area contributed by atoms with E-state index in [1.165, 1.54) is 12.1 Å². The molecule has 8 heteroatoms. The Bertz CT molecular complexity index is 1180. The van der Waals surface area contributed by atoms with Gasteiger partial charge < -0.3 is 15.8 Å². The summed E-state index contributed by atoms with van der Waals surface area (Å²) >= 11 is 0. The molecule has 4 rings (SSSR count). The van der Waals surface area contributed by atoms with Crippen molar-refractivity contribution in [3.63, 3.8) is 0 Å². The fraction of sp³-hybridized carbons (Fsp3) is 0.130. The van der Waals surface area contributed by atoms with E-state index in [0.29, 0.717) is 23.3 Å². The van der Waals surface area contributed by atoms with Gasteiger partial charge in [-0.1, -0.05) is 19.1 Å². The number of nitrogen functional groups attached to an aromatic ring is 1. The number of aromatic nitrogens is 4. The van der Waals surface area contributed by atoms with Crippen LogP contribution in [0, 0.1) is 5.82 Å². The van der Waals surface area contributed by atoms with E-state index in [0.717, 1.165) is 22.4 Å². The Morgan fingerprint density at radius 2 is 1.81 bits per heavy atom. The Kier molecular flexibility index (Phi) is 5.70. The zero-order valence-electron chi connectivity index (χ0n) is 17.1. The van der Waals surface area contributed by atoms with E-state index in [1.807, 2.05) is 19.1 Å². The lowest BCUT2D eigenvalue weighted by atomic mass is 9.91. The average Bonchev–Trinajstić information content (AvgIpc) is 2.79. The van der Waals surface area contributed by atoms with Crippen molar-refractivity contribution in [3.8, 4) is 17.0 Å². The third kappa shape index (κ3) is 4.58. The zero-order valence-corrected chi connectivity index (χ0v) is 17.1. The molecule has 4 aromatic rings. The van der Waals surface area contributed by atoms with Crippen LogP contribution in [0.25, 0.3) is 11.1 Å². The third-order valence-corrected chi connectivity index (χ3v) is 4.86. The molecule has 1 atom stereocenters. The molecule has 156 valence electrons. The van der Waals surface area contributed by atoms with Gasteiger partial charge in [0.25, 0.3) is 0 Å². The standard InChI is InChI=1S/C23H21FN6O/c1-14(15-3-5-17(24)6-4-15)23-18(7-8-22(30-23)31-2)16-11-19(25)28-20(12-16)29-21-13-26-9-10-27-21/h3-14H,1-2H3,(H3,25,27,28,29)/t14-/m0/s1. The first-order valence-corrected chi connectivity index (χ1v) is 9.65. The molecule has 0 amide bonds. The van der Waals surface area contributed by atoms with Gasteiger partial charge in [-0.15, -0.1) is 0 Å². The predicted octanol–water partition coefficient (Wildman–Crippen LogP) is 4.56. The maximum atomic E-state index is 13.4. The molecule has 1 aromatic carbocycles. The van der Waals surface area contributed by atoms with Gasteiger partial charge in [-0.2, -0.15) is 0 Å². The summed E-state index contributed by atoms with van der Waals surface area (Å²) in [6.07, 6.45) is 4.78. The molecule has 0 radical (unpaired) electrons. The minimum atomic E-state index is -0.281. The number of anilines is 3. The number of nitrogens with zero attached hydrogens (tertiary/aromatic N) is 4. The van der Waals surface area contributed by atoms with Gasteiger partial charge in [0.05, 0.1) is 19.0 Å². The topological polar surface area (TPSA) is 98.8 Å². The van der Waals surface area contributed by atoms with E-state index in [-0.39, 0.29) is 11.7 Å². The molecule has 3 aromatic heterocycles. The molecular weight excluding hydrogens is 395 g/mol. The first-order valence-electron chi connectivity index (χ1n) is 9.65. The average molecular weight is 416 g/mol. The quantitative estimate of drug-likeness (QED) is 0.475. The molecule has 3 N–H and O–H groups in total. The van der Waals surface area contributed by atoms with E-state index in [9.17, 15) is 4.39 Å². The second kappa shape index (κ2) is 8.74. The van der Waals surface area contributed by atoms with E-state index in [2.05, 4.69) is 25.3 Å². The van der Waals surface area contributed by atoms with Crippen LogP contribution in [0.3, 0.4) is 0 Å². The van der Waals surface area contributed by atoms with Crippen molar-refractivity contribution in [1.82, 2.24) is 19.9 Å². The van der Waals surface area contributed by atoms with E-state index in [4.69, 9.17) is 10.5 Å². The molecule has 0 spiro atoms. The number of benzene rings is 1. The molecule has 0 saturated carbocycles. The molecule has 0 aliphatic carbocycles. The summed E-state index contributed by atoms with van der Waals surface area (Å²) in [5, 5.41) is 3.11. The lowest BCUT2D eigenvalue weighted by Gasteiger charge is -2.18. The number of pyridine rings is 2. The Morgan fingerprint density at radius 3 is 2.52 bits per heavy atom. The molecule has 7 nitrogen and oxygen atoms in total. The summed E-state index contributed by atoms with van der Waals surface area (Å²) < 4.78 is 18.8. The summed E-state index contributed by atoms with van der Waals surface area (Å²) in [5.41, 5.74) is 9.50. The highest BCUT2D eigenvalue weighted by Crippen LogP contribution is 2.35. The molecular formula is C23H21FN6O. The molecule has 3 heterocycles. The van der Waals surface area contributed by atoms with Crippen LogP contribution >= 0.6 is 0 Å². The van der Waals surface area contributed by atoms with Crippen molar-refractivity contribution in [2.75, 3.05) is 18.2 Å². The lowest BCUT2D eigenvalue weighted by molar-refractivity contribution is 0.396. The third-order valence-electron chi connectivity index (χ3n) is 4.86. The van der Waals surface area contributed by atoms with Gasteiger partial charge in [-0.3, -0.25) is 4.98 Å². The van der Waals surface area contributed by atoms with Crippen molar-refractivity contribution in [2.24, 2.45) is 0 Å². The van der Waals surface area contributed by atoms with E-state index in [1.54, 1.807) is 50.0 Å². The second-order valence-electron chi connectivity index (χ2n) is 6.94. The molecule has 0 bridgehead atoms. The van der Waals surface area contributed by atoms with Crippen LogP contribution in [0.4, 0.5) is 21.8 Å². The van der Waals surface area contributed by atoms with E-state index < -0.39 is 0 Å². The molecule has 0 aliphatic rings. The van der Waals surface area contributed by atoms with Crippen LogP contribution in [0.2, 0.25) is 0 Å². The summed E-state index contributed by atoms with van der Waals surface area (Å²) in [6, 6.07) is 13.8. The minimum Gasteiger partial charge on any atom is -0.481 e. The fourth-order valence-electron chi connectivity index (χ4n) is 3.32. The lowest BCUT2D eigenvalue weighted by Crippen LogP contribution is -2.05. The van der Waals surface area contributed by atoms with Gasteiger partial charge in [-0.05, 0) is 41.5 Å². The smallest absolute Gasteiger partial charge is 0.213 e. The zero-order chi connectivity index (χ0) is 21.8. The maximum absolute atomic E-state index is 13.4. The predicted molar refractivity (Wildman–Crippen MR) is 118 cm³/mol. The van der Waals surface area contributed by atoms with Crippen molar-refractivity contribution in [2.45, 2.75) is 12.8 Å². The number of methoxy groups -OCH3 is 1. The van der Waals surface area contributed by atoms with Gasteiger partial charge in [-0.25, -0.2) is 19.3 Å². The Hall–Kier alpha value is -4.07. The Labute approximate surface area is 179 Å². The fourth-order valence-corrected chi connectivity index (χ4v) is 3.32. The van der Waals surface area contributed by atoms with Crippen LogP contribution in [-0.4, -0.2) is 27.0 Å². The van der Waals surface area contributed by atoms with Crippen LogP contribution < -0.4 is 15.8 Å². The van der Waals surface area contributed by atoms with Crippen molar-refractivity contribution < 1.29 is 9.13 Å². The SMILES string of the molecule is COc1ccc(-c2cc(N)nc(Nc3cnccn3)c2)c([C@@H](C)c2ccc(F)cc2)n1.